The molecule has 0 aliphatic rings. The summed E-state index contributed by atoms with van der Waals surface area (Å²) in [6, 6.07) is 8.38. The Morgan fingerprint density at radius 3 is 2.47 bits per heavy atom. The average molecular weight is 458 g/mol. The van der Waals surface area contributed by atoms with E-state index in [1.165, 1.54) is 18.2 Å². The van der Waals surface area contributed by atoms with Crippen LogP contribution in [0.15, 0.2) is 42.5 Å². The lowest BCUT2D eigenvalue weighted by atomic mass is 10.0. The van der Waals surface area contributed by atoms with E-state index >= 15 is 0 Å². The lowest BCUT2D eigenvalue weighted by Gasteiger charge is -2.14. The van der Waals surface area contributed by atoms with E-state index in [1.807, 2.05) is 44.2 Å². The van der Waals surface area contributed by atoms with Crippen molar-refractivity contribution in [1.82, 2.24) is 10.6 Å². The first-order chi connectivity index (χ1) is 15.1. The Bertz CT molecular complexity index is 1080. The molecule has 0 bridgehead atoms. The lowest BCUT2D eigenvalue weighted by molar-refractivity contribution is -0.140. The van der Waals surface area contributed by atoms with Crippen molar-refractivity contribution in [2.75, 3.05) is 0 Å². The molecule has 3 amide bonds. The minimum atomic E-state index is -1.49. The molecule has 2 rings (SSSR count). The number of nitrogens with two attached hydrogens (primary N) is 1. The molecule has 0 aliphatic heterocycles. The van der Waals surface area contributed by atoms with Gasteiger partial charge in [0.1, 0.15) is 6.04 Å². The number of primary amides is 1. The van der Waals surface area contributed by atoms with Gasteiger partial charge in [-0.1, -0.05) is 42.0 Å². The Morgan fingerprint density at radius 1 is 1.16 bits per heavy atom. The Morgan fingerprint density at radius 2 is 1.88 bits per heavy atom. The Labute approximate surface area is 190 Å². The highest BCUT2D eigenvalue weighted by molar-refractivity contribution is 6.34. The topological polar surface area (TPSA) is 139 Å². The predicted molar refractivity (Wildman–Crippen MR) is 121 cm³/mol. The summed E-state index contributed by atoms with van der Waals surface area (Å²) in [6.07, 6.45) is 3.34. The summed E-state index contributed by atoms with van der Waals surface area (Å²) in [6.45, 7) is 4.21. The Balaban J connectivity index is 2.12. The number of carbonyl (C=O) groups is 4. The third kappa shape index (κ3) is 6.42. The van der Waals surface area contributed by atoms with Gasteiger partial charge in [0.05, 0.1) is 17.0 Å². The summed E-state index contributed by atoms with van der Waals surface area (Å²) in [5.41, 5.74) is 8.28. The fourth-order valence-corrected chi connectivity index (χ4v) is 3.32. The van der Waals surface area contributed by atoms with E-state index in [2.05, 4.69) is 10.6 Å². The highest BCUT2D eigenvalue weighted by Gasteiger charge is 2.24. The van der Waals surface area contributed by atoms with Crippen LogP contribution < -0.4 is 16.4 Å². The van der Waals surface area contributed by atoms with Crippen LogP contribution in [0.1, 0.15) is 50.8 Å². The van der Waals surface area contributed by atoms with Gasteiger partial charge >= 0.3 is 5.97 Å². The lowest BCUT2D eigenvalue weighted by Crippen LogP contribution is -2.43. The standard InChI is InChI=1S/C23H24ClN3O5/c1-3-5-16-13(2)6-4-7-15(16)12-26-21(29)14-8-9-17(18(24)10-14)22(30)27-19(23(31)32)11-20(25)28/h3-10,19H,11-12H2,1-2H3,(H2,25,28)(H,26,29)(H,27,30)(H,31,32)/b5-3-/t19-/m0/s1. The second-order valence-electron chi connectivity index (χ2n) is 7.06. The van der Waals surface area contributed by atoms with Crippen molar-refractivity contribution >= 4 is 41.4 Å². The number of rotatable bonds is 9. The summed E-state index contributed by atoms with van der Waals surface area (Å²) < 4.78 is 0. The zero-order chi connectivity index (χ0) is 23.8. The van der Waals surface area contributed by atoms with Gasteiger partial charge in [-0.05, 0) is 48.7 Å². The maximum Gasteiger partial charge on any atom is 0.326 e. The highest BCUT2D eigenvalue weighted by Crippen LogP contribution is 2.19. The van der Waals surface area contributed by atoms with Gasteiger partial charge in [0.25, 0.3) is 11.8 Å². The van der Waals surface area contributed by atoms with Crippen LogP contribution in [-0.4, -0.2) is 34.8 Å². The van der Waals surface area contributed by atoms with Crippen LogP contribution in [0.4, 0.5) is 0 Å². The van der Waals surface area contributed by atoms with Crippen molar-refractivity contribution in [3.05, 3.63) is 75.3 Å². The summed E-state index contributed by atoms with van der Waals surface area (Å²) in [4.78, 5) is 47.1. The molecule has 9 heteroatoms. The fourth-order valence-electron chi connectivity index (χ4n) is 3.06. The molecule has 0 aromatic heterocycles. The summed E-state index contributed by atoms with van der Waals surface area (Å²) >= 11 is 6.15. The highest BCUT2D eigenvalue weighted by atomic mass is 35.5. The SMILES string of the molecule is C/C=C\c1c(C)cccc1CNC(=O)c1ccc(C(=O)N[C@@H](CC(N)=O)C(=O)O)c(Cl)c1. The molecule has 168 valence electrons. The molecule has 1 atom stereocenters. The van der Waals surface area contributed by atoms with Gasteiger partial charge in [0, 0.05) is 12.1 Å². The minimum Gasteiger partial charge on any atom is -0.480 e. The van der Waals surface area contributed by atoms with Crippen LogP contribution in [-0.2, 0) is 16.1 Å². The molecule has 0 radical (unpaired) electrons. The predicted octanol–water partition coefficient (Wildman–Crippen LogP) is 2.67. The van der Waals surface area contributed by atoms with Gasteiger partial charge in [0.15, 0.2) is 0 Å². The third-order valence-electron chi connectivity index (χ3n) is 4.67. The summed E-state index contributed by atoms with van der Waals surface area (Å²) in [5, 5.41) is 14.1. The molecule has 8 nitrogen and oxygen atoms in total. The number of hydrogen-bond donors (Lipinski definition) is 4. The van der Waals surface area contributed by atoms with Crippen LogP contribution in [0.3, 0.4) is 0 Å². The van der Waals surface area contributed by atoms with E-state index in [9.17, 15) is 19.2 Å². The minimum absolute atomic E-state index is 0.0343. The molecule has 5 N–H and O–H groups in total. The van der Waals surface area contributed by atoms with Crippen LogP contribution in [0.2, 0.25) is 5.02 Å². The zero-order valence-corrected chi connectivity index (χ0v) is 18.4. The number of hydrogen-bond acceptors (Lipinski definition) is 4. The normalized spacial score (nSPS) is 11.7. The molecule has 0 unspecified atom stereocenters. The van der Waals surface area contributed by atoms with Gasteiger partial charge in [0.2, 0.25) is 5.91 Å². The first-order valence-electron chi connectivity index (χ1n) is 9.75. The maximum atomic E-state index is 12.6. The van der Waals surface area contributed by atoms with E-state index in [-0.39, 0.29) is 22.1 Å². The number of carbonyl (C=O) groups excluding carboxylic acids is 3. The van der Waals surface area contributed by atoms with Crippen molar-refractivity contribution < 1.29 is 24.3 Å². The largest absolute Gasteiger partial charge is 0.480 e. The van der Waals surface area contributed by atoms with Gasteiger partial charge in [-0.15, -0.1) is 0 Å². The van der Waals surface area contributed by atoms with Gasteiger partial charge in [-0.3, -0.25) is 14.4 Å². The van der Waals surface area contributed by atoms with Gasteiger partial charge in [-0.25, -0.2) is 4.79 Å². The molecule has 32 heavy (non-hydrogen) atoms. The molecular formula is C23H24ClN3O5. The maximum absolute atomic E-state index is 12.6. The molecule has 2 aromatic rings. The number of halogens is 1. The molecule has 0 fully saturated rings. The van der Waals surface area contributed by atoms with E-state index in [0.29, 0.717) is 6.54 Å². The number of amides is 3. The molecular weight excluding hydrogens is 434 g/mol. The van der Waals surface area contributed by atoms with Crippen LogP contribution >= 0.6 is 11.6 Å². The fraction of sp³-hybridized carbons (Fsp3) is 0.217. The van der Waals surface area contributed by atoms with Crippen molar-refractivity contribution in [2.24, 2.45) is 5.73 Å². The van der Waals surface area contributed by atoms with Gasteiger partial charge < -0.3 is 21.5 Å². The molecule has 0 heterocycles. The Hall–Kier alpha value is -3.65. The van der Waals surface area contributed by atoms with Crippen LogP contribution in [0.25, 0.3) is 6.08 Å². The number of aryl methyl sites for hydroxylation is 1. The van der Waals surface area contributed by atoms with E-state index < -0.39 is 30.2 Å². The smallest absolute Gasteiger partial charge is 0.326 e. The summed E-state index contributed by atoms with van der Waals surface area (Å²) in [7, 11) is 0. The molecule has 0 saturated carbocycles. The van der Waals surface area contributed by atoms with E-state index in [1.54, 1.807) is 0 Å². The second-order valence-corrected chi connectivity index (χ2v) is 7.47. The quantitative estimate of drug-likeness (QED) is 0.458. The monoisotopic (exact) mass is 457 g/mol. The van der Waals surface area contributed by atoms with Crippen LogP contribution in [0, 0.1) is 6.92 Å². The summed E-state index contributed by atoms with van der Waals surface area (Å²) in [5.74, 6) is -3.46. The first kappa shape index (κ1) is 24.6. The number of benzene rings is 2. The molecule has 0 spiro atoms. The van der Waals surface area contributed by atoms with Crippen LogP contribution in [0.5, 0.6) is 0 Å². The average Bonchev–Trinajstić information content (AvgIpc) is 2.72. The Kier molecular flexibility index (Phi) is 8.54. The van der Waals surface area contributed by atoms with Gasteiger partial charge in [-0.2, -0.15) is 0 Å². The number of nitrogens with one attached hydrogen (secondary N) is 2. The number of allylic oxidation sites excluding steroid dienone is 1. The first-order valence-corrected chi connectivity index (χ1v) is 10.1. The zero-order valence-electron chi connectivity index (χ0n) is 17.6. The van der Waals surface area contributed by atoms with Crippen molar-refractivity contribution in [3.8, 4) is 0 Å². The molecule has 0 saturated heterocycles. The van der Waals surface area contributed by atoms with Crippen molar-refractivity contribution in [1.29, 1.82) is 0 Å². The molecule has 0 aliphatic carbocycles. The molecule has 2 aromatic carbocycles. The van der Waals surface area contributed by atoms with Crippen molar-refractivity contribution in [3.63, 3.8) is 0 Å². The van der Waals surface area contributed by atoms with E-state index in [4.69, 9.17) is 22.4 Å². The third-order valence-corrected chi connectivity index (χ3v) is 4.98. The van der Waals surface area contributed by atoms with E-state index in [0.717, 1.165) is 16.7 Å². The van der Waals surface area contributed by atoms with Crippen molar-refractivity contribution in [2.45, 2.75) is 32.9 Å². The number of carboxylic acids is 1. The number of aliphatic carboxylic acids is 1. The second kappa shape index (κ2) is 11.1. The number of carboxylic acid groups (broad SMARTS) is 1.